The van der Waals surface area contributed by atoms with Crippen molar-refractivity contribution in [3.8, 4) is 11.6 Å². The van der Waals surface area contributed by atoms with Crippen LogP contribution in [0.2, 0.25) is 0 Å². The molecule has 1 heterocycles. The van der Waals surface area contributed by atoms with Crippen LogP contribution in [0.4, 0.5) is 8.78 Å². The highest BCUT2D eigenvalue weighted by molar-refractivity contribution is 9.10. The van der Waals surface area contributed by atoms with Gasteiger partial charge in [-0.2, -0.15) is 4.39 Å². The maximum absolute atomic E-state index is 13.4. The van der Waals surface area contributed by atoms with Gasteiger partial charge in [-0.15, -0.1) is 0 Å². The number of benzene rings is 1. The fourth-order valence-corrected chi connectivity index (χ4v) is 1.61. The Labute approximate surface area is 109 Å². The first kappa shape index (κ1) is 12.8. The van der Waals surface area contributed by atoms with E-state index in [1.54, 1.807) is 0 Å². The molecule has 18 heavy (non-hydrogen) atoms. The van der Waals surface area contributed by atoms with Crippen LogP contribution >= 0.6 is 15.9 Å². The average molecular weight is 317 g/mol. The van der Waals surface area contributed by atoms with Crippen LogP contribution < -0.4 is 4.74 Å². The summed E-state index contributed by atoms with van der Waals surface area (Å²) in [6.45, 7) is -0.257. The highest BCUT2D eigenvalue weighted by Crippen LogP contribution is 2.28. The van der Waals surface area contributed by atoms with Gasteiger partial charge in [-0.25, -0.2) is 9.37 Å². The highest BCUT2D eigenvalue weighted by Gasteiger charge is 2.12. The summed E-state index contributed by atoms with van der Waals surface area (Å²) in [5.74, 6) is -2.43. The van der Waals surface area contributed by atoms with E-state index in [0.29, 0.717) is 10.2 Å². The van der Waals surface area contributed by atoms with Gasteiger partial charge in [0.2, 0.25) is 11.7 Å². The second-order valence-electron chi connectivity index (χ2n) is 3.31. The van der Waals surface area contributed by atoms with E-state index in [2.05, 4.69) is 25.9 Å². The van der Waals surface area contributed by atoms with E-state index in [1.807, 2.05) is 0 Å². The summed E-state index contributed by atoms with van der Waals surface area (Å²) in [5, 5.41) is 8.78. The molecule has 0 bridgehead atoms. The average Bonchev–Trinajstić information content (AvgIpc) is 2.36. The monoisotopic (exact) mass is 316 g/mol. The molecule has 4 nitrogen and oxygen atoms in total. The molecule has 1 aromatic carbocycles. The van der Waals surface area contributed by atoms with E-state index in [0.717, 1.165) is 6.07 Å². The molecule has 0 radical (unpaired) electrons. The van der Waals surface area contributed by atoms with Crippen molar-refractivity contribution in [2.75, 3.05) is 0 Å². The van der Waals surface area contributed by atoms with Gasteiger partial charge in [0, 0.05) is 4.47 Å². The number of aromatic nitrogens is 2. The van der Waals surface area contributed by atoms with E-state index < -0.39 is 11.6 Å². The summed E-state index contributed by atoms with van der Waals surface area (Å²) in [7, 11) is 0. The molecule has 2 rings (SSSR count). The van der Waals surface area contributed by atoms with Gasteiger partial charge in [-0.3, -0.25) is 4.98 Å². The maximum Gasteiger partial charge on any atom is 0.237 e. The lowest BCUT2D eigenvalue weighted by molar-refractivity contribution is 0.275. The fourth-order valence-electron chi connectivity index (χ4n) is 1.20. The minimum Gasteiger partial charge on any atom is -0.434 e. The van der Waals surface area contributed by atoms with Crippen molar-refractivity contribution in [2.24, 2.45) is 0 Å². The lowest BCUT2D eigenvalue weighted by Gasteiger charge is -2.06. The predicted molar refractivity (Wildman–Crippen MR) is 62.1 cm³/mol. The molecule has 7 heteroatoms. The van der Waals surface area contributed by atoms with Gasteiger partial charge in [-0.1, -0.05) is 15.9 Å². The Morgan fingerprint density at radius 1 is 1.22 bits per heavy atom. The van der Waals surface area contributed by atoms with E-state index in [1.165, 1.54) is 18.5 Å². The summed E-state index contributed by atoms with van der Waals surface area (Å²) in [6.07, 6.45) is 2.49. The molecule has 1 N–H and O–H groups in total. The first-order valence-corrected chi connectivity index (χ1v) is 5.63. The molecule has 2 aromatic rings. The van der Waals surface area contributed by atoms with Gasteiger partial charge in [0.05, 0.1) is 24.7 Å². The SMILES string of the molecule is OCc1cnc(Oc2cc(Br)cc(F)c2F)cn1. The smallest absolute Gasteiger partial charge is 0.237 e. The third kappa shape index (κ3) is 2.80. The second kappa shape index (κ2) is 5.36. The van der Waals surface area contributed by atoms with Crippen LogP contribution in [-0.4, -0.2) is 15.1 Å². The van der Waals surface area contributed by atoms with E-state index >= 15 is 0 Å². The van der Waals surface area contributed by atoms with E-state index in [9.17, 15) is 8.78 Å². The zero-order valence-electron chi connectivity index (χ0n) is 8.90. The van der Waals surface area contributed by atoms with Crippen molar-refractivity contribution in [1.29, 1.82) is 0 Å². The van der Waals surface area contributed by atoms with Crippen molar-refractivity contribution in [3.05, 3.63) is 46.3 Å². The van der Waals surface area contributed by atoms with Gasteiger partial charge in [0.25, 0.3) is 0 Å². The Morgan fingerprint density at radius 2 is 2.00 bits per heavy atom. The number of hydrogen-bond donors (Lipinski definition) is 1. The molecule has 0 amide bonds. The molecule has 0 fully saturated rings. The molecular weight excluding hydrogens is 310 g/mol. The third-order valence-electron chi connectivity index (χ3n) is 2.02. The van der Waals surface area contributed by atoms with Crippen LogP contribution in [0.3, 0.4) is 0 Å². The normalized spacial score (nSPS) is 10.4. The Balaban J connectivity index is 2.27. The molecule has 1 aromatic heterocycles. The molecule has 94 valence electrons. The van der Waals surface area contributed by atoms with Gasteiger partial charge in [-0.05, 0) is 12.1 Å². The van der Waals surface area contributed by atoms with Crippen LogP contribution in [0.1, 0.15) is 5.69 Å². The fraction of sp³-hybridized carbons (Fsp3) is 0.0909. The molecule has 0 saturated heterocycles. The Hall–Kier alpha value is -1.60. The zero-order chi connectivity index (χ0) is 13.1. The van der Waals surface area contributed by atoms with Gasteiger partial charge in [0.1, 0.15) is 0 Å². The number of hydrogen-bond acceptors (Lipinski definition) is 4. The molecule has 0 aliphatic rings. The minimum atomic E-state index is -1.11. The van der Waals surface area contributed by atoms with E-state index in [-0.39, 0.29) is 18.2 Å². The lowest BCUT2D eigenvalue weighted by Crippen LogP contribution is -1.96. The van der Waals surface area contributed by atoms with Gasteiger partial charge in [0.15, 0.2) is 11.6 Å². The van der Waals surface area contributed by atoms with Crippen LogP contribution in [0, 0.1) is 11.6 Å². The largest absolute Gasteiger partial charge is 0.434 e. The summed E-state index contributed by atoms with van der Waals surface area (Å²) < 4.78 is 31.9. The topological polar surface area (TPSA) is 55.2 Å². The summed E-state index contributed by atoms with van der Waals surface area (Å²) >= 11 is 3.03. The maximum atomic E-state index is 13.4. The third-order valence-corrected chi connectivity index (χ3v) is 2.48. The van der Waals surface area contributed by atoms with Crippen molar-refractivity contribution in [1.82, 2.24) is 9.97 Å². The van der Waals surface area contributed by atoms with Crippen LogP contribution in [0.15, 0.2) is 29.0 Å². The quantitative estimate of drug-likeness (QED) is 0.885. The Bertz CT molecular complexity index is 564. The van der Waals surface area contributed by atoms with Crippen molar-refractivity contribution >= 4 is 15.9 Å². The molecule has 0 aliphatic carbocycles. The minimum absolute atomic E-state index is 0.00333. The van der Waals surface area contributed by atoms with Crippen molar-refractivity contribution in [2.45, 2.75) is 6.61 Å². The molecule has 0 spiro atoms. The Kier molecular flexibility index (Phi) is 3.83. The molecule has 0 saturated carbocycles. The second-order valence-corrected chi connectivity index (χ2v) is 4.22. The standard InChI is InChI=1S/C11H7BrF2N2O2/c12-6-1-8(13)11(14)9(2-6)18-10-4-15-7(5-17)3-16-10/h1-4,17H,5H2. The first-order chi connectivity index (χ1) is 8.60. The van der Waals surface area contributed by atoms with Crippen molar-refractivity contribution < 1.29 is 18.6 Å². The van der Waals surface area contributed by atoms with E-state index in [4.69, 9.17) is 9.84 Å². The molecule has 0 unspecified atom stereocenters. The summed E-state index contributed by atoms with van der Waals surface area (Å²) in [6, 6.07) is 2.27. The Morgan fingerprint density at radius 3 is 2.61 bits per heavy atom. The van der Waals surface area contributed by atoms with Crippen LogP contribution in [0.25, 0.3) is 0 Å². The number of aliphatic hydroxyl groups is 1. The molecule has 0 atom stereocenters. The van der Waals surface area contributed by atoms with Gasteiger partial charge < -0.3 is 9.84 Å². The first-order valence-electron chi connectivity index (χ1n) is 4.84. The zero-order valence-corrected chi connectivity index (χ0v) is 10.5. The number of rotatable bonds is 3. The number of ether oxygens (including phenoxy) is 1. The number of halogens is 3. The predicted octanol–water partition coefficient (Wildman–Crippen LogP) is 2.80. The summed E-state index contributed by atoms with van der Waals surface area (Å²) in [4.78, 5) is 7.60. The van der Waals surface area contributed by atoms with Crippen molar-refractivity contribution in [3.63, 3.8) is 0 Å². The highest BCUT2D eigenvalue weighted by atomic mass is 79.9. The number of nitrogens with zero attached hydrogens (tertiary/aromatic N) is 2. The van der Waals surface area contributed by atoms with Crippen LogP contribution in [0.5, 0.6) is 11.6 Å². The van der Waals surface area contributed by atoms with Crippen LogP contribution in [-0.2, 0) is 6.61 Å². The lowest BCUT2D eigenvalue weighted by atomic mass is 10.3. The summed E-state index contributed by atoms with van der Waals surface area (Å²) in [5.41, 5.74) is 0.350. The van der Waals surface area contributed by atoms with Gasteiger partial charge >= 0.3 is 0 Å². The number of aliphatic hydroxyl groups excluding tert-OH is 1. The molecule has 0 aliphatic heterocycles. The molecular formula is C11H7BrF2N2O2.